The molecule has 0 saturated carbocycles. The third kappa shape index (κ3) is 4.73. The SMILES string of the molecule is COc1ccc(N2C(=O)/C(=C/c3cccs3)N=C2SCC(C)(C)O)cc1Cl. The Hall–Kier alpha value is -1.80. The van der Waals surface area contributed by atoms with Gasteiger partial charge in [-0.15, -0.1) is 11.3 Å². The Morgan fingerprint density at radius 1 is 1.41 bits per heavy atom. The fraction of sp³-hybridized carbons (Fsp3) is 0.263. The van der Waals surface area contributed by atoms with Gasteiger partial charge in [-0.1, -0.05) is 29.4 Å². The molecule has 0 saturated heterocycles. The number of halogens is 1. The van der Waals surface area contributed by atoms with Gasteiger partial charge in [0.2, 0.25) is 0 Å². The van der Waals surface area contributed by atoms with Crippen LogP contribution in [0.4, 0.5) is 5.69 Å². The van der Waals surface area contributed by atoms with Crippen molar-refractivity contribution >= 4 is 57.5 Å². The minimum Gasteiger partial charge on any atom is -0.495 e. The molecule has 2 aromatic rings. The number of aliphatic imine (C=N–C) groups is 1. The lowest BCUT2D eigenvalue weighted by atomic mass is 10.2. The molecule has 1 N–H and O–H groups in total. The van der Waals surface area contributed by atoms with Crippen LogP contribution in [0, 0.1) is 0 Å². The number of amidine groups is 1. The quantitative estimate of drug-likeness (QED) is 0.712. The number of rotatable bonds is 5. The summed E-state index contributed by atoms with van der Waals surface area (Å²) in [6.07, 6.45) is 1.77. The average Bonchev–Trinajstić information content (AvgIpc) is 3.21. The highest BCUT2D eigenvalue weighted by atomic mass is 35.5. The Balaban J connectivity index is 1.97. The maximum atomic E-state index is 13.0. The molecule has 27 heavy (non-hydrogen) atoms. The fourth-order valence-corrected chi connectivity index (χ4v) is 4.23. The lowest BCUT2D eigenvalue weighted by molar-refractivity contribution is -0.113. The molecule has 1 aliphatic rings. The summed E-state index contributed by atoms with van der Waals surface area (Å²) < 4.78 is 5.19. The van der Waals surface area contributed by atoms with Crippen molar-refractivity contribution in [2.24, 2.45) is 4.99 Å². The van der Waals surface area contributed by atoms with E-state index in [2.05, 4.69) is 4.99 Å². The van der Waals surface area contributed by atoms with Gasteiger partial charge >= 0.3 is 0 Å². The number of amides is 1. The first kappa shape index (κ1) is 19.9. The molecule has 8 heteroatoms. The van der Waals surface area contributed by atoms with E-state index in [4.69, 9.17) is 16.3 Å². The van der Waals surface area contributed by atoms with Crippen LogP contribution in [0.3, 0.4) is 0 Å². The van der Waals surface area contributed by atoms with Gasteiger partial charge in [-0.25, -0.2) is 4.99 Å². The van der Waals surface area contributed by atoms with Crippen LogP contribution in [0.2, 0.25) is 5.02 Å². The van der Waals surface area contributed by atoms with Crippen LogP contribution in [0.1, 0.15) is 18.7 Å². The fourth-order valence-electron chi connectivity index (χ4n) is 2.36. The highest BCUT2D eigenvalue weighted by molar-refractivity contribution is 8.14. The summed E-state index contributed by atoms with van der Waals surface area (Å²) in [5.41, 5.74) is 0.0599. The van der Waals surface area contributed by atoms with Crippen molar-refractivity contribution < 1.29 is 14.6 Å². The summed E-state index contributed by atoms with van der Waals surface area (Å²) in [6.45, 7) is 3.43. The van der Waals surface area contributed by atoms with Crippen LogP contribution in [0.15, 0.2) is 46.4 Å². The number of benzene rings is 1. The van der Waals surface area contributed by atoms with Gasteiger partial charge in [0, 0.05) is 10.6 Å². The van der Waals surface area contributed by atoms with E-state index in [-0.39, 0.29) is 5.91 Å². The molecule has 1 aliphatic heterocycles. The van der Waals surface area contributed by atoms with Crippen LogP contribution in [0.25, 0.3) is 6.08 Å². The predicted molar refractivity (Wildman–Crippen MR) is 114 cm³/mol. The smallest absolute Gasteiger partial charge is 0.283 e. The maximum Gasteiger partial charge on any atom is 0.283 e. The first-order valence-electron chi connectivity index (χ1n) is 8.15. The number of ether oxygens (including phenoxy) is 1. The highest BCUT2D eigenvalue weighted by Gasteiger charge is 2.33. The first-order valence-corrected chi connectivity index (χ1v) is 10.4. The standard InChI is InChI=1S/C19H19ClN2O3S2/c1-19(2,24)11-27-18-21-15(10-13-5-4-8-26-13)17(23)22(18)12-6-7-16(25-3)14(20)9-12/h4-10,24H,11H2,1-3H3/b15-10-. The lowest BCUT2D eigenvalue weighted by Gasteiger charge is -2.21. The van der Waals surface area contributed by atoms with E-state index in [0.717, 1.165) is 4.88 Å². The molecule has 0 spiro atoms. The van der Waals surface area contributed by atoms with Gasteiger partial charge in [0.25, 0.3) is 5.91 Å². The topological polar surface area (TPSA) is 62.1 Å². The normalized spacial score (nSPS) is 16.2. The van der Waals surface area contributed by atoms with E-state index in [0.29, 0.717) is 33.1 Å². The van der Waals surface area contributed by atoms with Crippen LogP contribution < -0.4 is 9.64 Å². The van der Waals surface area contributed by atoms with Gasteiger partial charge < -0.3 is 9.84 Å². The molecule has 0 bridgehead atoms. The van der Waals surface area contributed by atoms with Gasteiger partial charge in [0.15, 0.2) is 5.17 Å². The monoisotopic (exact) mass is 422 g/mol. The molecule has 0 unspecified atom stereocenters. The predicted octanol–water partition coefficient (Wildman–Crippen LogP) is 4.66. The molecular formula is C19H19ClN2O3S2. The minimum absolute atomic E-state index is 0.233. The zero-order chi connectivity index (χ0) is 19.6. The lowest BCUT2D eigenvalue weighted by Crippen LogP contribution is -2.32. The number of hydrogen-bond acceptors (Lipinski definition) is 6. The summed E-state index contributed by atoms with van der Waals surface area (Å²) in [6, 6.07) is 9.00. The second-order valence-corrected chi connectivity index (χ2v) is 8.83. The van der Waals surface area contributed by atoms with Gasteiger partial charge in [-0.3, -0.25) is 9.69 Å². The molecule has 3 rings (SSSR count). The number of nitrogens with zero attached hydrogens (tertiary/aromatic N) is 2. The summed E-state index contributed by atoms with van der Waals surface area (Å²) in [4.78, 5) is 20.0. The minimum atomic E-state index is -0.889. The van der Waals surface area contributed by atoms with Crippen molar-refractivity contribution in [3.63, 3.8) is 0 Å². The van der Waals surface area contributed by atoms with E-state index in [1.807, 2.05) is 17.5 Å². The number of hydrogen-bond donors (Lipinski definition) is 1. The Morgan fingerprint density at radius 2 is 2.19 bits per heavy atom. The number of thioether (sulfide) groups is 1. The Kier molecular flexibility index (Phi) is 5.95. The van der Waals surface area contributed by atoms with Crippen molar-refractivity contribution in [2.75, 3.05) is 17.8 Å². The summed E-state index contributed by atoms with van der Waals surface area (Å²) >= 11 is 9.10. The molecular weight excluding hydrogens is 404 g/mol. The van der Waals surface area contributed by atoms with Crippen LogP contribution in [0.5, 0.6) is 5.75 Å². The Labute approximate surface area is 171 Å². The third-order valence-electron chi connectivity index (χ3n) is 3.60. The molecule has 1 aromatic heterocycles. The molecule has 0 fully saturated rings. The van der Waals surface area contributed by atoms with E-state index in [1.165, 1.54) is 35.1 Å². The number of thiophene rings is 1. The van der Waals surface area contributed by atoms with Crippen LogP contribution >= 0.6 is 34.7 Å². The molecule has 0 aliphatic carbocycles. The first-order chi connectivity index (χ1) is 12.8. The van der Waals surface area contributed by atoms with E-state index in [1.54, 1.807) is 38.1 Å². The summed E-state index contributed by atoms with van der Waals surface area (Å²) in [5, 5.41) is 12.9. The van der Waals surface area contributed by atoms with E-state index >= 15 is 0 Å². The Bertz CT molecular complexity index is 902. The zero-order valence-electron chi connectivity index (χ0n) is 15.1. The van der Waals surface area contributed by atoms with Gasteiger partial charge in [0.1, 0.15) is 11.4 Å². The summed E-state index contributed by atoms with van der Waals surface area (Å²) in [7, 11) is 1.54. The van der Waals surface area contributed by atoms with Crippen LogP contribution in [-0.4, -0.2) is 34.6 Å². The van der Waals surface area contributed by atoms with Crippen molar-refractivity contribution in [3.8, 4) is 5.75 Å². The number of carbonyl (C=O) groups excluding carboxylic acids is 1. The van der Waals surface area contributed by atoms with Crippen molar-refractivity contribution in [1.82, 2.24) is 0 Å². The second-order valence-electron chi connectivity index (χ2n) is 6.50. The van der Waals surface area contributed by atoms with Gasteiger partial charge in [0.05, 0.1) is 23.4 Å². The second kappa shape index (κ2) is 8.06. The largest absolute Gasteiger partial charge is 0.495 e. The van der Waals surface area contributed by atoms with Crippen molar-refractivity contribution in [1.29, 1.82) is 0 Å². The molecule has 142 valence electrons. The van der Waals surface area contributed by atoms with Crippen LogP contribution in [-0.2, 0) is 4.79 Å². The Morgan fingerprint density at radius 3 is 2.78 bits per heavy atom. The van der Waals surface area contributed by atoms with E-state index < -0.39 is 5.60 Å². The molecule has 0 radical (unpaired) electrons. The maximum absolute atomic E-state index is 13.0. The van der Waals surface area contributed by atoms with Crippen molar-refractivity contribution in [2.45, 2.75) is 19.4 Å². The zero-order valence-corrected chi connectivity index (χ0v) is 17.5. The summed E-state index contributed by atoms with van der Waals surface area (Å²) in [5.74, 6) is 0.693. The number of carbonyl (C=O) groups is 1. The molecule has 0 atom stereocenters. The van der Waals surface area contributed by atoms with E-state index in [9.17, 15) is 9.90 Å². The number of aliphatic hydroxyl groups is 1. The van der Waals surface area contributed by atoms with Gasteiger partial charge in [-0.2, -0.15) is 0 Å². The number of methoxy groups -OCH3 is 1. The average molecular weight is 423 g/mol. The molecule has 5 nitrogen and oxygen atoms in total. The molecule has 2 heterocycles. The highest BCUT2D eigenvalue weighted by Crippen LogP contribution is 2.35. The third-order valence-corrected chi connectivity index (χ3v) is 6.10. The van der Waals surface area contributed by atoms with Gasteiger partial charge in [-0.05, 0) is 49.6 Å². The molecule has 1 amide bonds. The molecule has 1 aromatic carbocycles. The van der Waals surface area contributed by atoms with Crippen molar-refractivity contribution in [3.05, 3.63) is 51.3 Å². The number of anilines is 1.